The molecule has 1 aliphatic carbocycles. The molecule has 0 heterocycles. The highest BCUT2D eigenvalue weighted by Crippen LogP contribution is 2.43. The van der Waals surface area contributed by atoms with Crippen LogP contribution in [0.5, 0.6) is 0 Å². The Labute approximate surface area is 78.7 Å². The molecular formula is C12H13O. The largest absolute Gasteiger partial charge is 0.385 e. The molecule has 13 heavy (non-hydrogen) atoms. The Balaban J connectivity index is 2.50. The second kappa shape index (κ2) is 3.35. The van der Waals surface area contributed by atoms with Gasteiger partial charge in [-0.05, 0) is 35.4 Å². The second-order valence-electron chi connectivity index (χ2n) is 3.46. The van der Waals surface area contributed by atoms with Crippen LogP contribution in [0.15, 0.2) is 24.8 Å². The molecule has 67 valence electrons. The number of aliphatic hydroxyl groups excluding tert-OH is 1. The first-order chi connectivity index (χ1) is 6.36. The molecule has 1 aliphatic rings. The van der Waals surface area contributed by atoms with Crippen molar-refractivity contribution >= 4 is 6.08 Å². The van der Waals surface area contributed by atoms with Gasteiger partial charge in [0.2, 0.25) is 0 Å². The van der Waals surface area contributed by atoms with Gasteiger partial charge in [-0.3, -0.25) is 0 Å². The van der Waals surface area contributed by atoms with E-state index in [1.165, 1.54) is 25.0 Å². The average Bonchev–Trinajstić information content (AvgIpc) is 3.00. The summed E-state index contributed by atoms with van der Waals surface area (Å²) in [5.41, 5.74) is 3.37. The van der Waals surface area contributed by atoms with Gasteiger partial charge in [0.1, 0.15) is 6.61 Å². The van der Waals surface area contributed by atoms with Crippen LogP contribution in [0, 0.1) is 6.61 Å². The second-order valence-corrected chi connectivity index (χ2v) is 3.46. The van der Waals surface area contributed by atoms with Gasteiger partial charge in [0, 0.05) is 0 Å². The molecule has 0 unspecified atom stereocenters. The monoisotopic (exact) mass is 173 g/mol. The normalized spacial score (nSPS) is 15.8. The molecule has 0 spiro atoms. The fourth-order valence-electron chi connectivity index (χ4n) is 1.74. The molecule has 0 saturated heterocycles. The van der Waals surface area contributed by atoms with Crippen molar-refractivity contribution in [3.8, 4) is 0 Å². The van der Waals surface area contributed by atoms with Gasteiger partial charge in [0.05, 0.1) is 0 Å². The lowest BCUT2D eigenvalue weighted by molar-refractivity contribution is 0.413. The zero-order valence-electron chi connectivity index (χ0n) is 7.53. The highest BCUT2D eigenvalue weighted by molar-refractivity contribution is 5.57. The van der Waals surface area contributed by atoms with Crippen LogP contribution in [0.25, 0.3) is 6.08 Å². The number of benzene rings is 1. The minimum atomic E-state index is 0.646. The Bertz CT molecular complexity index is 324. The SMILES string of the molecule is C=Cc1cccc([CH]O)c1C1CC1. The third kappa shape index (κ3) is 1.52. The van der Waals surface area contributed by atoms with Crippen LogP contribution in [-0.2, 0) is 0 Å². The lowest BCUT2D eigenvalue weighted by Gasteiger charge is -2.09. The van der Waals surface area contributed by atoms with Gasteiger partial charge < -0.3 is 5.11 Å². The quantitative estimate of drug-likeness (QED) is 0.744. The van der Waals surface area contributed by atoms with E-state index in [0.29, 0.717) is 5.92 Å². The van der Waals surface area contributed by atoms with Crippen LogP contribution in [0.2, 0.25) is 0 Å². The van der Waals surface area contributed by atoms with Crippen molar-refractivity contribution in [3.63, 3.8) is 0 Å². The number of rotatable bonds is 3. The summed E-state index contributed by atoms with van der Waals surface area (Å²) in [5.74, 6) is 0.646. The Kier molecular flexibility index (Phi) is 2.19. The molecule has 1 nitrogen and oxygen atoms in total. The maximum absolute atomic E-state index is 9.06. The molecular weight excluding hydrogens is 160 g/mol. The smallest absolute Gasteiger partial charge is 0.109 e. The third-order valence-corrected chi connectivity index (χ3v) is 2.52. The van der Waals surface area contributed by atoms with E-state index in [0.717, 1.165) is 11.1 Å². The maximum Gasteiger partial charge on any atom is 0.109 e. The number of hydrogen-bond acceptors (Lipinski definition) is 1. The first kappa shape index (κ1) is 8.52. The van der Waals surface area contributed by atoms with E-state index in [1.54, 1.807) is 0 Å². The molecule has 1 N–H and O–H groups in total. The standard InChI is InChI=1S/C12H13O/c1-2-9-4-3-5-11(8-13)12(9)10-6-7-10/h2-5,8,10,13H,1,6-7H2. The van der Waals surface area contributed by atoms with E-state index >= 15 is 0 Å². The van der Waals surface area contributed by atoms with Crippen LogP contribution < -0.4 is 0 Å². The molecule has 1 aromatic carbocycles. The van der Waals surface area contributed by atoms with Crippen molar-refractivity contribution in [3.05, 3.63) is 48.1 Å². The van der Waals surface area contributed by atoms with E-state index in [1.807, 2.05) is 24.3 Å². The lowest BCUT2D eigenvalue weighted by Crippen LogP contribution is -1.93. The van der Waals surface area contributed by atoms with Crippen molar-refractivity contribution in [1.29, 1.82) is 0 Å². The van der Waals surface area contributed by atoms with E-state index < -0.39 is 0 Å². The van der Waals surface area contributed by atoms with Gasteiger partial charge in [-0.2, -0.15) is 0 Å². The van der Waals surface area contributed by atoms with Crippen molar-refractivity contribution in [2.75, 3.05) is 0 Å². The van der Waals surface area contributed by atoms with E-state index in [9.17, 15) is 0 Å². The molecule has 1 heteroatoms. The van der Waals surface area contributed by atoms with E-state index in [-0.39, 0.29) is 0 Å². The molecule has 0 aromatic heterocycles. The first-order valence-corrected chi connectivity index (χ1v) is 4.59. The van der Waals surface area contributed by atoms with Crippen LogP contribution in [0.4, 0.5) is 0 Å². The first-order valence-electron chi connectivity index (χ1n) is 4.59. The summed E-state index contributed by atoms with van der Waals surface area (Å²) in [6, 6.07) is 5.94. The fourth-order valence-corrected chi connectivity index (χ4v) is 1.74. The molecule has 0 amide bonds. The van der Waals surface area contributed by atoms with Gasteiger partial charge in [0.15, 0.2) is 0 Å². The summed E-state index contributed by atoms with van der Waals surface area (Å²) < 4.78 is 0. The molecule has 2 rings (SSSR count). The van der Waals surface area contributed by atoms with E-state index in [2.05, 4.69) is 6.58 Å². The van der Waals surface area contributed by atoms with Crippen molar-refractivity contribution in [2.24, 2.45) is 0 Å². The van der Waals surface area contributed by atoms with Crippen molar-refractivity contribution < 1.29 is 5.11 Å². The fraction of sp³-hybridized carbons (Fsp3) is 0.250. The van der Waals surface area contributed by atoms with Crippen LogP contribution >= 0.6 is 0 Å². The lowest BCUT2D eigenvalue weighted by atomic mass is 9.97. The zero-order valence-corrected chi connectivity index (χ0v) is 7.53. The molecule has 1 fully saturated rings. The number of hydrogen-bond donors (Lipinski definition) is 1. The van der Waals surface area contributed by atoms with Gasteiger partial charge in [-0.25, -0.2) is 0 Å². The molecule has 0 aliphatic heterocycles. The summed E-state index contributed by atoms with van der Waals surface area (Å²) in [5, 5.41) is 9.06. The predicted molar refractivity (Wildman–Crippen MR) is 53.8 cm³/mol. The van der Waals surface area contributed by atoms with Gasteiger partial charge in [-0.1, -0.05) is 30.9 Å². The highest BCUT2D eigenvalue weighted by Gasteiger charge is 2.27. The van der Waals surface area contributed by atoms with Gasteiger partial charge in [0.25, 0.3) is 0 Å². The Morgan fingerprint density at radius 1 is 1.31 bits per heavy atom. The summed E-state index contributed by atoms with van der Waals surface area (Å²) in [4.78, 5) is 0. The maximum atomic E-state index is 9.06. The summed E-state index contributed by atoms with van der Waals surface area (Å²) in [6.07, 6.45) is 4.35. The molecule has 0 atom stereocenters. The van der Waals surface area contributed by atoms with Gasteiger partial charge >= 0.3 is 0 Å². The molecule has 1 aromatic rings. The third-order valence-electron chi connectivity index (χ3n) is 2.52. The zero-order chi connectivity index (χ0) is 9.26. The van der Waals surface area contributed by atoms with Crippen LogP contribution in [-0.4, -0.2) is 5.11 Å². The minimum absolute atomic E-state index is 0.646. The summed E-state index contributed by atoms with van der Waals surface area (Å²) in [7, 11) is 0. The van der Waals surface area contributed by atoms with Crippen molar-refractivity contribution in [2.45, 2.75) is 18.8 Å². The average molecular weight is 173 g/mol. The molecule has 0 bridgehead atoms. The Hall–Kier alpha value is -1.08. The Morgan fingerprint density at radius 3 is 2.54 bits per heavy atom. The predicted octanol–water partition coefficient (Wildman–Crippen LogP) is 3.09. The van der Waals surface area contributed by atoms with E-state index in [4.69, 9.17) is 5.11 Å². The molecule has 1 radical (unpaired) electrons. The van der Waals surface area contributed by atoms with Crippen molar-refractivity contribution in [1.82, 2.24) is 0 Å². The van der Waals surface area contributed by atoms with Gasteiger partial charge in [-0.15, -0.1) is 0 Å². The van der Waals surface area contributed by atoms with Crippen LogP contribution in [0.3, 0.4) is 0 Å². The molecule has 1 saturated carbocycles. The summed E-state index contributed by atoms with van der Waals surface area (Å²) >= 11 is 0. The highest BCUT2D eigenvalue weighted by atomic mass is 16.3. The summed E-state index contributed by atoms with van der Waals surface area (Å²) in [6.45, 7) is 4.98. The Morgan fingerprint density at radius 2 is 2.00 bits per heavy atom. The number of aliphatic hydroxyl groups is 1. The topological polar surface area (TPSA) is 20.2 Å². The minimum Gasteiger partial charge on any atom is -0.385 e. The van der Waals surface area contributed by atoms with Crippen LogP contribution in [0.1, 0.15) is 35.4 Å².